The van der Waals surface area contributed by atoms with E-state index in [1.807, 2.05) is 18.2 Å². The van der Waals surface area contributed by atoms with Crippen molar-refractivity contribution in [2.24, 2.45) is 0 Å². The van der Waals surface area contributed by atoms with E-state index >= 15 is 0 Å². The van der Waals surface area contributed by atoms with Crippen LogP contribution in [0.5, 0.6) is 0 Å². The van der Waals surface area contributed by atoms with E-state index in [0.717, 1.165) is 4.90 Å². The zero-order valence-corrected chi connectivity index (χ0v) is 7.23. The third-order valence-electron chi connectivity index (χ3n) is 1.09. The molecule has 1 aromatic rings. The van der Waals surface area contributed by atoms with E-state index in [4.69, 9.17) is 0 Å². The molecule has 52 valence electrons. The van der Waals surface area contributed by atoms with Crippen LogP contribution >= 0.6 is 0 Å². The third kappa shape index (κ3) is 3.07. The summed E-state index contributed by atoms with van der Waals surface area (Å²) in [5.41, 5.74) is 0. The van der Waals surface area contributed by atoms with Crippen molar-refractivity contribution in [3.05, 3.63) is 42.3 Å². The number of hydrogen-bond acceptors (Lipinski definition) is 1. The zero-order chi connectivity index (χ0) is 7.40. The molecule has 1 atom stereocenters. The van der Waals surface area contributed by atoms with E-state index < -0.39 is 10.8 Å². The van der Waals surface area contributed by atoms with Crippen molar-refractivity contribution in [1.29, 1.82) is 0 Å². The van der Waals surface area contributed by atoms with Crippen LogP contribution in [0.3, 0.4) is 0 Å². The summed E-state index contributed by atoms with van der Waals surface area (Å²) < 4.78 is 11.0. The Morgan fingerprint density at radius 3 is 2.27 bits per heavy atom. The van der Waals surface area contributed by atoms with Crippen LogP contribution in [0.25, 0.3) is 0 Å². The van der Waals surface area contributed by atoms with Gasteiger partial charge in [-0.25, -0.2) is 0 Å². The molecule has 11 heavy (non-hydrogen) atoms. The van der Waals surface area contributed by atoms with Gasteiger partial charge in [0.2, 0.25) is 0 Å². The fourth-order valence-electron chi connectivity index (χ4n) is 0.627. The van der Waals surface area contributed by atoms with Gasteiger partial charge in [-0.1, -0.05) is 18.2 Å². The van der Waals surface area contributed by atoms with Crippen molar-refractivity contribution in [2.75, 3.05) is 0 Å². The molecule has 0 saturated heterocycles. The summed E-state index contributed by atoms with van der Waals surface area (Å²) in [6, 6.07) is 9.13. The predicted octanol–water partition coefficient (Wildman–Crippen LogP) is -1.26. The number of rotatable bonds is 2. The average Bonchev–Trinajstić information content (AvgIpc) is 2.05. The van der Waals surface area contributed by atoms with Crippen molar-refractivity contribution in [2.45, 2.75) is 4.90 Å². The van der Waals surface area contributed by atoms with Crippen LogP contribution in [0, 0.1) is 5.41 Å². The second kappa shape index (κ2) is 5.37. The Labute approximate surface area is 81.1 Å². The maximum atomic E-state index is 11.0. The minimum absolute atomic E-state index is 0. The van der Waals surface area contributed by atoms with Gasteiger partial charge in [-0.3, -0.25) is 10.8 Å². The van der Waals surface area contributed by atoms with Gasteiger partial charge < -0.3 is 5.41 Å². The summed E-state index contributed by atoms with van der Waals surface area (Å²) in [4.78, 5) is 0.748. The van der Waals surface area contributed by atoms with Crippen molar-refractivity contribution < 1.29 is 23.1 Å². The van der Waals surface area contributed by atoms with Crippen LogP contribution in [0.4, 0.5) is 0 Å². The molecule has 1 rings (SSSR count). The molecule has 0 aliphatic heterocycles. The SMILES string of the molecule is C=[C-]S(=O)c1ccccc1.[Li+]. The summed E-state index contributed by atoms with van der Waals surface area (Å²) in [5.74, 6) is 0. The summed E-state index contributed by atoms with van der Waals surface area (Å²) >= 11 is 0. The standard InChI is InChI=1S/C8H7OS.Li/c1-2-10(9)8-6-4-3-5-7-8;/h3-7H,1H2;/q-1;+1. The molecule has 0 radical (unpaired) electrons. The van der Waals surface area contributed by atoms with Crippen LogP contribution in [-0.2, 0) is 10.8 Å². The van der Waals surface area contributed by atoms with E-state index in [1.165, 1.54) is 0 Å². The first kappa shape index (κ1) is 10.7. The fraction of sp³-hybridized carbons (Fsp3) is 0. The number of hydrogen-bond donors (Lipinski definition) is 0. The van der Waals surface area contributed by atoms with Crippen molar-refractivity contribution in [1.82, 2.24) is 0 Å². The van der Waals surface area contributed by atoms with Crippen LogP contribution < -0.4 is 18.9 Å². The minimum atomic E-state index is -1.15. The van der Waals surface area contributed by atoms with E-state index in [-0.39, 0.29) is 18.9 Å². The molecule has 1 unspecified atom stereocenters. The zero-order valence-electron chi connectivity index (χ0n) is 6.41. The van der Waals surface area contributed by atoms with Crippen LogP contribution in [0.15, 0.2) is 41.8 Å². The van der Waals surface area contributed by atoms with E-state index in [1.54, 1.807) is 12.1 Å². The average molecular weight is 158 g/mol. The smallest absolute Gasteiger partial charge is 0.399 e. The molecule has 0 aliphatic rings. The second-order valence-corrected chi connectivity index (χ2v) is 3.02. The first-order valence-electron chi connectivity index (χ1n) is 2.84. The Balaban J connectivity index is 0.000001000. The normalized spacial score (nSPS) is 11.3. The van der Waals surface area contributed by atoms with Crippen LogP contribution in [0.2, 0.25) is 0 Å². The second-order valence-electron chi connectivity index (χ2n) is 1.73. The van der Waals surface area contributed by atoms with Crippen molar-refractivity contribution >= 4 is 10.8 Å². The number of benzene rings is 1. The molecule has 0 amide bonds. The van der Waals surface area contributed by atoms with Gasteiger partial charge >= 0.3 is 18.9 Å². The Bertz CT molecular complexity index is 246. The molecule has 3 heteroatoms. The van der Waals surface area contributed by atoms with Crippen molar-refractivity contribution in [3.63, 3.8) is 0 Å². The van der Waals surface area contributed by atoms with Crippen molar-refractivity contribution in [3.8, 4) is 0 Å². The third-order valence-corrected chi connectivity index (χ3v) is 2.05. The maximum Gasteiger partial charge on any atom is 1.00 e. The quantitative estimate of drug-likeness (QED) is 0.388. The molecule has 0 bridgehead atoms. The van der Waals surface area contributed by atoms with Gasteiger partial charge in [0.05, 0.1) is 0 Å². The first-order valence-corrected chi connectivity index (χ1v) is 3.99. The molecule has 1 nitrogen and oxygen atoms in total. The molecule has 0 fully saturated rings. The Kier molecular flexibility index (Phi) is 5.23. The summed E-state index contributed by atoms with van der Waals surface area (Å²) in [6.07, 6.45) is 0. The predicted molar refractivity (Wildman–Crippen MR) is 41.7 cm³/mol. The summed E-state index contributed by atoms with van der Waals surface area (Å²) in [5, 5.41) is 2.40. The topological polar surface area (TPSA) is 17.1 Å². The summed E-state index contributed by atoms with van der Waals surface area (Å²) in [6.45, 7) is 3.31. The molecular weight excluding hydrogens is 151 g/mol. The van der Waals surface area contributed by atoms with Gasteiger partial charge in [0.1, 0.15) is 0 Å². The van der Waals surface area contributed by atoms with Gasteiger partial charge in [0.25, 0.3) is 0 Å². The van der Waals surface area contributed by atoms with E-state index in [9.17, 15) is 4.21 Å². The molecule has 0 aliphatic carbocycles. The van der Waals surface area contributed by atoms with Gasteiger partial charge in [-0.2, -0.15) is 0 Å². The molecule has 0 N–H and O–H groups in total. The van der Waals surface area contributed by atoms with Gasteiger partial charge in [-0.05, 0) is 12.1 Å². The Morgan fingerprint density at radius 1 is 1.27 bits per heavy atom. The largest absolute Gasteiger partial charge is 1.00 e. The monoisotopic (exact) mass is 158 g/mol. The molecular formula is C8H7LiOS. The van der Waals surface area contributed by atoms with E-state index in [0.29, 0.717) is 0 Å². The summed E-state index contributed by atoms with van der Waals surface area (Å²) in [7, 11) is -1.15. The molecule has 0 saturated carbocycles. The first-order chi connectivity index (χ1) is 4.84. The molecule has 1 aromatic carbocycles. The van der Waals surface area contributed by atoms with Gasteiger partial charge in [0, 0.05) is 4.90 Å². The molecule has 0 spiro atoms. The van der Waals surface area contributed by atoms with Gasteiger partial charge in [0.15, 0.2) is 0 Å². The van der Waals surface area contributed by atoms with E-state index in [2.05, 4.69) is 12.0 Å². The minimum Gasteiger partial charge on any atom is -0.399 e. The molecule has 0 heterocycles. The Hall–Kier alpha value is -0.293. The molecule has 0 aromatic heterocycles. The van der Waals surface area contributed by atoms with Crippen LogP contribution in [0.1, 0.15) is 0 Å². The fourth-order valence-corrected chi connectivity index (χ4v) is 1.20. The van der Waals surface area contributed by atoms with Crippen LogP contribution in [-0.4, -0.2) is 4.21 Å². The Morgan fingerprint density at radius 2 is 1.82 bits per heavy atom. The maximum absolute atomic E-state index is 11.0. The van der Waals surface area contributed by atoms with Gasteiger partial charge in [-0.15, -0.1) is 10.8 Å².